The van der Waals surface area contributed by atoms with Crippen molar-refractivity contribution in [3.63, 3.8) is 0 Å². The van der Waals surface area contributed by atoms with Gasteiger partial charge < -0.3 is 18.9 Å². The van der Waals surface area contributed by atoms with Crippen molar-refractivity contribution in [3.05, 3.63) is 59.2 Å². The highest BCUT2D eigenvalue weighted by Gasteiger charge is 2.17. The molecule has 6 nitrogen and oxygen atoms in total. The number of ketones is 1. The van der Waals surface area contributed by atoms with Crippen LogP contribution in [0.25, 0.3) is 6.08 Å². The number of ether oxygens (including phenoxy) is 4. The van der Waals surface area contributed by atoms with Gasteiger partial charge in [0.25, 0.3) is 0 Å². The highest BCUT2D eigenvalue weighted by molar-refractivity contribution is 6.01. The third kappa shape index (κ3) is 6.31. The van der Waals surface area contributed by atoms with E-state index < -0.39 is 25.0 Å². The molecule has 0 amide bonds. The minimum Gasteiger partial charge on any atom is -0.497 e. The zero-order valence-corrected chi connectivity index (χ0v) is 16.1. The number of Topliss-reactive ketones (excluding diaryl/α,β-unsaturated/α-hetero) is 1. The Balaban J connectivity index is 2.05. The van der Waals surface area contributed by atoms with Crippen molar-refractivity contribution < 1.29 is 37.3 Å². The molecular weight excluding hydrogens is 386 g/mol. The van der Waals surface area contributed by atoms with Crippen molar-refractivity contribution in [3.8, 4) is 17.2 Å². The topological polar surface area (TPSA) is 71.1 Å². The Morgan fingerprint density at radius 1 is 1.03 bits per heavy atom. The quantitative estimate of drug-likeness (QED) is 0.355. The Morgan fingerprint density at radius 2 is 1.76 bits per heavy atom. The van der Waals surface area contributed by atoms with E-state index in [0.717, 1.165) is 6.08 Å². The van der Waals surface area contributed by atoms with Crippen LogP contribution in [-0.2, 0) is 9.53 Å². The number of methoxy groups -OCH3 is 2. The van der Waals surface area contributed by atoms with Crippen LogP contribution in [0.4, 0.5) is 8.78 Å². The maximum atomic E-state index is 12.5. The van der Waals surface area contributed by atoms with E-state index in [0.29, 0.717) is 22.6 Å². The molecule has 0 spiro atoms. The lowest BCUT2D eigenvalue weighted by Gasteiger charge is -2.11. The molecule has 0 saturated heterocycles. The molecule has 29 heavy (non-hydrogen) atoms. The van der Waals surface area contributed by atoms with Gasteiger partial charge in [0.05, 0.1) is 19.8 Å². The molecule has 0 heterocycles. The molecular formula is C21H20F2O6. The third-order valence-corrected chi connectivity index (χ3v) is 3.83. The molecule has 0 bridgehead atoms. The molecule has 8 heteroatoms. The summed E-state index contributed by atoms with van der Waals surface area (Å²) in [4.78, 5) is 24.3. The van der Waals surface area contributed by atoms with E-state index in [1.165, 1.54) is 38.5 Å². The lowest BCUT2D eigenvalue weighted by atomic mass is 10.1. The van der Waals surface area contributed by atoms with E-state index in [9.17, 15) is 18.4 Å². The minimum atomic E-state index is -3.08. The predicted octanol–water partition coefficient (Wildman–Crippen LogP) is 4.05. The molecule has 0 saturated carbocycles. The fourth-order valence-corrected chi connectivity index (χ4v) is 2.45. The summed E-state index contributed by atoms with van der Waals surface area (Å²) >= 11 is 0. The van der Waals surface area contributed by atoms with Crippen LogP contribution in [0.5, 0.6) is 17.2 Å². The van der Waals surface area contributed by atoms with Crippen LogP contribution in [0.15, 0.2) is 42.5 Å². The number of rotatable bonds is 9. The molecule has 154 valence electrons. The molecule has 2 aromatic carbocycles. The van der Waals surface area contributed by atoms with Gasteiger partial charge in [-0.25, -0.2) is 4.79 Å². The van der Waals surface area contributed by atoms with Gasteiger partial charge in [-0.1, -0.05) is 11.6 Å². The van der Waals surface area contributed by atoms with Gasteiger partial charge in [0.1, 0.15) is 17.2 Å². The van der Waals surface area contributed by atoms with Gasteiger partial charge in [0.15, 0.2) is 6.61 Å². The lowest BCUT2D eigenvalue weighted by Crippen LogP contribution is -2.15. The van der Waals surface area contributed by atoms with Gasteiger partial charge in [0.2, 0.25) is 5.78 Å². The SMILES string of the molecule is COc1ccc(OC)c(/C=C/C(=O)OCC(=O)c2cc(C)ccc2OC(F)F)c1. The normalized spacial score (nSPS) is 10.8. The van der Waals surface area contributed by atoms with Crippen LogP contribution in [-0.4, -0.2) is 39.2 Å². The standard InChI is InChI=1S/C21H20F2O6/c1-13-4-7-19(29-21(22)23)16(10-13)17(24)12-28-20(25)9-5-14-11-15(26-2)6-8-18(14)27-3/h4-11,21H,12H2,1-3H3/b9-5+. The van der Waals surface area contributed by atoms with Crippen molar-refractivity contribution in [2.24, 2.45) is 0 Å². The highest BCUT2D eigenvalue weighted by Crippen LogP contribution is 2.25. The van der Waals surface area contributed by atoms with Crippen molar-refractivity contribution in [1.82, 2.24) is 0 Å². The molecule has 0 N–H and O–H groups in total. The number of esters is 1. The number of alkyl halides is 2. The summed E-state index contributed by atoms with van der Waals surface area (Å²) in [5, 5.41) is 0. The van der Waals surface area contributed by atoms with Gasteiger partial charge >= 0.3 is 12.6 Å². The molecule has 2 aromatic rings. The van der Waals surface area contributed by atoms with E-state index >= 15 is 0 Å². The van der Waals surface area contributed by atoms with Crippen molar-refractivity contribution in [2.45, 2.75) is 13.5 Å². The first-order chi connectivity index (χ1) is 13.8. The maximum absolute atomic E-state index is 12.5. The number of hydrogen-bond acceptors (Lipinski definition) is 6. The van der Waals surface area contributed by atoms with Crippen molar-refractivity contribution in [1.29, 1.82) is 0 Å². The number of aryl methyl sites for hydroxylation is 1. The average Bonchev–Trinajstić information content (AvgIpc) is 2.71. The summed E-state index contributed by atoms with van der Waals surface area (Å²) in [6, 6.07) is 9.24. The van der Waals surface area contributed by atoms with E-state index in [1.54, 1.807) is 25.1 Å². The lowest BCUT2D eigenvalue weighted by molar-refractivity contribution is -0.136. The monoisotopic (exact) mass is 406 g/mol. The smallest absolute Gasteiger partial charge is 0.387 e. The summed E-state index contributed by atoms with van der Waals surface area (Å²) < 4.78 is 44.6. The summed E-state index contributed by atoms with van der Waals surface area (Å²) in [6.45, 7) is -2.01. The first kappa shape index (κ1) is 21.9. The van der Waals surface area contributed by atoms with E-state index in [4.69, 9.17) is 14.2 Å². The van der Waals surface area contributed by atoms with Crippen LogP contribution in [0.3, 0.4) is 0 Å². The molecule has 0 unspecified atom stereocenters. The van der Waals surface area contributed by atoms with E-state index in [1.807, 2.05) is 0 Å². The van der Waals surface area contributed by atoms with Crippen LogP contribution < -0.4 is 14.2 Å². The molecule has 0 fully saturated rings. The molecule has 0 atom stereocenters. The number of carbonyl (C=O) groups is 2. The Morgan fingerprint density at radius 3 is 2.41 bits per heavy atom. The number of halogens is 2. The second-order valence-corrected chi connectivity index (χ2v) is 5.85. The second-order valence-electron chi connectivity index (χ2n) is 5.85. The van der Waals surface area contributed by atoms with Gasteiger partial charge in [-0.05, 0) is 43.3 Å². The molecule has 0 aliphatic rings. The summed E-state index contributed by atoms with van der Waals surface area (Å²) in [5.74, 6) is -0.639. The molecule has 0 aliphatic carbocycles. The fraction of sp³-hybridized carbons (Fsp3) is 0.238. The molecule has 0 aliphatic heterocycles. The second kappa shape index (κ2) is 10.2. The largest absolute Gasteiger partial charge is 0.497 e. The molecule has 2 rings (SSSR count). The highest BCUT2D eigenvalue weighted by atomic mass is 19.3. The Labute approximate surface area is 166 Å². The molecule has 0 aromatic heterocycles. The van der Waals surface area contributed by atoms with Gasteiger partial charge in [-0.2, -0.15) is 8.78 Å². The fourth-order valence-electron chi connectivity index (χ4n) is 2.45. The van der Waals surface area contributed by atoms with Gasteiger partial charge in [-0.3, -0.25) is 4.79 Å². The van der Waals surface area contributed by atoms with E-state index in [-0.39, 0.29) is 11.3 Å². The number of carbonyl (C=O) groups excluding carboxylic acids is 2. The Hall–Kier alpha value is -3.42. The maximum Gasteiger partial charge on any atom is 0.387 e. The number of hydrogen-bond donors (Lipinski definition) is 0. The number of benzene rings is 2. The summed E-state index contributed by atoms with van der Waals surface area (Å²) in [5.41, 5.74) is 1.16. The van der Waals surface area contributed by atoms with Gasteiger partial charge in [-0.15, -0.1) is 0 Å². The Bertz CT molecular complexity index is 908. The van der Waals surface area contributed by atoms with Crippen LogP contribution >= 0.6 is 0 Å². The third-order valence-electron chi connectivity index (χ3n) is 3.83. The van der Waals surface area contributed by atoms with E-state index in [2.05, 4.69) is 4.74 Å². The molecule has 0 radical (unpaired) electrons. The van der Waals surface area contributed by atoms with Crippen molar-refractivity contribution >= 4 is 17.8 Å². The van der Waals surface area contributed by atoms with Crippen molar-refractivity contribution in [2.75, 3.05) is 20.8 Å². The van der Waals surface area contributed by atoms with Gasteiger partial charge in [0, 0.05) is 11.6 Å². The first-order valence-electron chi connectivity index (χ1n) is 8.49. The van der Waals surface area contributed by atoms with Crippen LogP contribution in [0.1, 0.15) is 21.5 Å². The minimum absolute atomic E-state index is 0.0865. The van der Waals surface area contributed by atoms with Crippen LogP contribution in [0, 0.1) is 6.92 Å². The van der Waals surface area contributed by atoms with Crippen LogP contribution in [0.2, 0.25) is 0 Å². The average molecular weight is 406 g/mol. The zero-order valence-electron chi connectivity index (χ0n) is 16.1. The Kier molecular flexibility index (Phi) is 7.70. The summed E-state index contributed by atoms with van der Waals surface area (Å²) in [6.07, 6.45) is 2.57. The zero-order chi connectivity index (χ0) is 21.4. The predicted molar refractivity (Wildman–Crippen MR) is 102 cm³/mol. The summed E-state index contributed by atoms with van der Waals surface area (Å²) in [7, 11) is 2.99. The first-order valence-corrected chi connectivity index (χ1v) is 8.49.